The van der Waals surface area contributed by atoms with Gasteiger partial charge in [0.15, 0.2) is 0 Å². The molecule has 0 N–H and O–H groups in total. The first-order valence-corrected chi connectivity index (χ1v) is 4.26. The third-order valence-electron chi connectivity index (χ3n) is 2.01. The number of hydrogen-bond donors (Lipinski definition) is 0. The van der Waals surface area contributed by atoms with Gasteiger partial charge in [0.25, 0.3) is 5.91 Å². The average Bonchev–Trinajstić information content (AvgIpc) is 2.71. The smallest absolute Gasteiger partial charge is 0.257 e. The molecule has 0 aromatic carbocycles. The van der Waals surface area contributed by atoms with Crippen molar-refractivity contribution in [3.05, 3.63) is 29.8 Å². The van der Waals surface area contributed by atoms with Crippen LogP contribution in [0.4, 0.5) is 4.39 Å². The molecule has 1 aliphatic rings. The SMILES string of the molecule is O=C(c1ccc(F)nc1)N1CCOC1. The Balaban J connectivity index is 2.14. The van der Waals surface area contributed by atoms with E-state index in [1.165, 1.54) is 18.3 Å². The zero-order chi connectivity index (χ0) is 9.97. The second kappa shape index (κ2) is 3.71. The molecule has 0 atom stereocenters. The molecule has 2 heterocycles. The molecule has 0 spiro atoms. The molecule has 0 saturated carbocycles. The van der Waals surface area contributed by atoms with Crippen LogP contribution in [0.25, 0.3) is 0 Å². The molecule has 1 aromatic heterocycles. The maximum Gasteiger partial charge on any atom is 0.257 e. The van der Waals surface area contributed by atoms with E-state index in [2.05, 4.69) is 4.98 Å². The topological polar surface area (TPSA) is 42.4 Å². The van der Waals surface area contributed by atoms with Gasteiger partial charge in [-0.05, 0) is 12.1 Å². The third-order valence-corrected chi connectivity index (χ3v) is 2.01. The van der Waals surface area contributed by atoms with Crippen LogP contribution in [0.1, 0.15) is 10.4 Å². The zero-order valence-corrected chi connectivity index (χ0v) is 7.44. The van der Waals surface area contributed by atoms with Crippen LogP contribution in [-0.2, 0) is 4.74 Å². The molecule has 1 aromatic rings. The van der Waals surface area contributed by atoms with E-state index in [1.54, 1.807) is 4.90 Å². The number of nitrogens with zero attached hydrogens (tertiary/aromatic N) is 2. The predicted octanol–water partition coefficient (Wildman–Crippen LogP) is 0.651. The number of amides is 1. The van der Waals surface area contributed by atoms with E-state index in [-0.39, 0.29) is 5.91 Å². The number of rotatable bonds is 1. The fourth-order valence-corrected chi connectivity index (χ4v) is 1.26. The van der Waals surface area contributed by atoms with Crippen LogP contribution in [0.15, 0.2) is 18.3 Å². The van der Waals surface area contributed by atoms with Crippen molar-refractivity contribution in [3.8, 4) is 0 Å². The summed E-state index contributed by atoms with van der Waals surface area (Å²) in [6.45, 7) is 1.44. The quantitative estimate of drug-likeness (QED) is 0.619. The van der Waals surface area contributed by atoms with Gasteiger partial charge in [0.1, 0.15) is 6.73 Å². The molecular formula is C9H9FN2O2. The number of carbonyl (C=O) groups excluding carboxylic acids is 1. The first-order chi connectivity index (χ1) is 6.77. The average molecular weight is 196 g/mol. The molecule has 0 bridgehead atoms. The summed E-state index contributed by atoms with van der Waals surface area (Å²) in [6, 6.07) is 2.59. The fourth-order valence-electron chi connectivity index (χ4n) is 1.26. The van der Waals surface area contributed by atoms with E-state index in [9.17, 15) is 9.18 Å². The van der Waals surface area contributed by atoms with Crippen LogP contribution in [0.5, 0.6) is 0 Å². The molecular weight excluding hydrogens is 187 g/mol. The van der Waals surface area contributed by atoms with Gasteiger partial charge in [0.05, 0.1) is 12.2 Å². The van der Waals surface area contributed by atoms with Crippen molar-refractivity contribution in [2.45, 2.75) is 0 Å². The van der Waals surface area contributed by atoms with Crippen molar-refractivity contribution in [3.63, 3.8) is 0 Å². The Labute approximate surface area is 80.3 Å². The van der Waals surface area contributed by atoms with Gasteiger partial charge >= 0.3 is 0 Å². The number of carbonyl (C=O) groups is 1. The van der Waals surface area contributed by atoms with Gasteiger partial charge in [0.2, 0.25) is 5.95 Å². The van der Waals surface area contributed by atoms with Gasteiger partial charge in [-0.2, -0.15) is 4.39 Å². The van der Waals surface area contributed by atoms with Crippen molar-refractivity contribution in [2.24, 2.45) is 0 Å². The van der Waals surface area contributed by atoms with Crippen LogP contribution in [-0.4, -0.2) is 35.7 Å². The molecule has 2 rings (SSSR count). The van der Waals surface area contributed by atoms with Crippen molar-refractivity contribution in [2.75, 3.05) is 19.9 Å². The summed E-state index contributed by atoms with van der Waals surface area (Å²) >= 11 is 0. The molecule has 5 heteroatoms. The lowest BCUT2D eigenvalue weighted by molar-refractivity contribution is 0.0694. The van der Waals surface area contributed by atoms with Crippen molar-refractivity contribution in [1.82, 2.24) is 9.88 Å². The van der Waals surface area contributed by atoms with E-state index in [4.69, 9.17) is 4.74 Å². The van der Waals surface area contributed by atoms with Gasteiger partial charge in [0, 0.05) is 12.7 Å². The summed E-state index contributed by atoms with van der Waals surface area (Å²) < 4.78 is 17.5. The molecule has 74 valence electrons. The van der Waals surface area contributed by atoms with Crippen LogP contribution in [0.2, 0.25) is 0 Å². The molecule has 1 fully saturated rings. The summed E-state index contributed by atoms with van der Waals surface area (Å²) in [5.41, 5.74) is 0.386. The van der Waals surface area contributed by atoms with Crippen LogP contribution in [0, 0.1) is 5.95 Å². The minimum atomic E-state index is -0.584. The molecule has 0 aliphatic carbocycles. The second-order valence-electron chi connectivity index (χ2n) is 2.98. The molecule has 0 radical (unpaired) electrons. The Morgan fingerprint density at radius 2 is 2.43 bits per heavy atom. The number of pyridine rings is 1. The summed E-state index contributed by atoms with van der Waals surface area (Å²) in [5, 5.41) is 0. The number of ether oxygens (including phenoxy) is 1. The monoisotopic (exact) mass is 196 g/mol. The van der Waals surface area contributed by atoms with Gasteiger partial charge < -0.3 is 9.64 Å². The van der Waals surface area contributed by atoms with Crippen LogP contribution < -0.4 is 0 Å². The van der Waals surface area contributed by atoms with E-state index in [1.807, 2.05) is 0 Å². The first kappa shape index (κ1) is 9.08. The predicted molar refractivity (Wildman–Crippen MR) is 46.1 cm³/mol. The normalized spacial score (nSPS) is 15.9. The van der Waals surface area contributed by atoms with Crippen LogP contribution >= 0.6 is 0 Å². The highest BCUT2D eigenvalue weighted by atomic mass is 19.1. The minimum Gasteiger partial charge on any atom is -0.359 e. The standard InChI is InChI=1S/C9H9FN2O2/c10-8-2-1-7(5-11-8)9(13)12-3-4-14-6-12/h1-2,5H,3-4,6H2. The molecule has 1 saturated heterocycles. The Morgan fingerprint density at radius 1 is 1.57 bits per heavy atom. The van der Waals surface area contributed by atoms with E-state index in [0.29, 0.717) is 25.4 Å². The van der Waals surface area contributed by atoms with E-state index in [0.717, 1.165) is 0 Å². The molecule has 0 unspecified atom stereocenters. The third kappa shape index (κ3) is 1.72. The number of aromatic nitrogens is 1. The first-order valence-electron chi connectivity index (χ1n) is 4.26. The van der Waals surface area contributed by atoms with Crippen molar-refractivity contribution in [1.29, 1.82) is 0 Å². The summed E-state index contributed by atoms with van der Waals surface area (Å²) in [4.78, 5) is 16.6. The Bertz CT molecular complexity index is 333. The maximum atomic E-state index is 12.5. The molecule has 14 heavy (non-hydrogen) atoms. The van der Waals surface area contributed by atoms with Crippen molar-refractivity contribution >= 4 is 5.91 Å². The van der Waals surface area contributed by atoms with Gasteiger partial charge in [-0.25, -0.2) is 4.98 Å². The Morgan fingerprint density at radius 3 is 3.00 bits per heavy atom. The molecule has 1 amide bonds. The largest absolute Gasteiger partial charge is 0.359 e. The lowest BCUT2D eigenvalue weighted by Crippen LogP contribution is -2.28. The molecule has 4 nitrogen and oxygen atoms in total. The zero-order valence-electron chi connectivity index (χ0n) is 7.44. The summed E-state index contributed by atoms with van der Waals surface area (Å²) in [6.07, 6.45) is 1.23. The van der Waals surface area contributed by atoms with Gasteiger partial charge in [-0.15, -0.1) is 0 Å². The number of hydrogen-bond acceptors (Lipinski definition) is 3. The highest BCUT2D eigenvalue weighted by Crippen LogP contribution is 2.07. The Hall–Kier alpha value is -1.49. The maximum absolute atomic E-state index is 12.5. The lowest BCUT2D eigenvalue weighted by atomic mass is 10.2. The van der Waals surface area contributed by atoms with Crippen molar-refractivity contribution < 1.29 is 13.9 Å². The summed E-state index contributed by atoms with van der Waals surface area (Å²) in [5.74, 6) is -0.755. The number of halogens is 1. The minimum absolute atomic E-state index is 0.171. The highest BCUT2D eigenvalue weighted by molar-refractivity contribution is 5.93. The highest BCUT2D eigenvalue weighted by Gasteiger charge is 2.19. The second-order valence-corrected chi connectivity index (χ2v) is 2.98. The van der Waals surface area contributed by atoms with Gasteiger partial charge in [-0.3, -0.25) is 4.79 Å². The van der Waals surface area contributed by atoms with E-state index < -0.39 is 5.95 Å². The fraction of sp³-hybridized carbons (Fsp3) is 0.333. The van der Waals surface area contributed by atoms with Crippen LogP contribution in [0.3, 0.4) is 0 Å². The van der Waals surface area contributed by atoms with E-state index >= 15 is 0 Å². The summed E-state index contributed by atoms with van der Waals surface area (Å²) in [7, 11) is 0. The Kier molecular flexibility index (Phi) is 2.41. The molecule has 1 aliphatic heterocycles. The lowest BCUT2D eigenvalue weighted by Gasteiger charge is -2.12. The van der Waals surface area contributed by atoms with Gasteiger partial charge in [-0.1, -0.05) is 0 Å².